The van der Waals surface area contributed by atoms with Crippen LogP contribution >= 0.6 is 11.6 Å². The summed E-state index contributed by atoms with van der Waals surface area (Å²) in [4.78, 5) is 17.4. The number of halogens is 1. The number of nitrogens with zero attached hydrogens (tertiary/aromatic N) is 3. The topological polar surface area (TPSA) is 81.1 Å². The number of hydrogen-bond donors (Lipinski definition) is 1. The van der Waals surface area contributed by atoms with Crippen molar-refractivity contribution in [1.29, 1.82) is 0 Å². The molecule has 6 nitrogen and oxygen atoms in total. The van der Waals surface area contributed by atoms with E-state index in [0.29, 0.717) is 33.0 Å². The maximum Gasteiger partial charge on any atom is 0.275 e. The van der Waals surface area contributed by atoms with Gasteiger partial charge in [-0.3, -0.25) is 4.79 Å². The van der Waals surface area contributed by atoms with Crippen molar-refractivity contribution in [2.24, 2.45) is 0 Å². The molecule has 0 spiro atoms. The zero-order valence-electron chi connectivity index (χ0n) is 16.0. The quantitative estimate of drug-likeness (QED) is 0.450. The fraction of sp³-hybridized carbons (Fsp3) is 0.0870. The van der Waals surface area contributed by atoms with Gasteiger partial charge in [0.25, 0.3) is 5.56 Å². The molecule has 3 aromatic carbocycles. The third-order valence-corrected chi connectivity index (χ3v) is 5.17. The fourth-order valence-electron chi connectivity index (χ4n) is 3.59. The minimum atomic E-state index is -0.291. The number of hydrogen-bond acceptors (Lipinski definition) is 5. The molecule has 0 aliphatic heterocycles. The van der Waals surface area contributed by atoms with Gasteiger partial charge in [0.2, 0.25) is 0 Å². The molecule has 5 aromatic rings. The lowest BCUT2D eigenvalue weighted by molar-refractivity contribution is 0.476. The van der Waals surface area contributed by atoms with Crippen LogP contribution in [0.3, 0.4) is 0 Å². The largest absolute Gasteiger partial charge is 0.508 e. The molecular formula is C23H16ClN3O3. The molecule has 0 saturated carbocycles. The first-order valence-corrected chi connectivity index (χ1v) is 9.71. The number of rotatable bonds is 3. The highest BCUT2D eigenvalue weighted by atomic mass is 35.5. The van der Waals surface area contributed by atoms with E-state index in [1.165, 1.54) is 10.7 Å². The molecule has 0 amide bonds. The van der Waals surface area contributed by atoms with E-state index in [4.69, 9.17) is 16.0 Å². The van der Waals surface area contributed by atoms with Crippen LogP contribution in [0.5, 0.6) is 5.75 Å². The minimum absolute atomic E-state index is 0.0212. The van der Waals surface area contributed by atoms with Gasteiger partial charge in [-0.25, -0.2) is 9.67 Å². The summed E-state index contributed by atoms with van der Waals surface area (Å²) in [5, 5.41) is 16.2. The Kier molecular flexibility index (Phi) is 4.29. The van der Waals surface area contributed by atoms with Crippen LogP contribution in [0.4, 0.5) is 0 Å². The zero-order chi connectivity index (χ0) is 20.8. The summed E-state index contributed by atoms with van der Waals surface area (Å²) >= 11 is 6.18. The molecule has 0 aliphatic rings. The third-order valence-electron chi connectivity index (χ3n) is 4.93. The second-order valence-electron chi connectivity index (χ2n) is 7.09. The Balaban J connectivity index is 1.70. The second-order valence-corrected chi connectivity index (χ2v) is 7.52. The third kappa shape index (κ3) is 3.21. The van der Waals surface area contributed by atoms with Gasteiger partial charge in [-0.05, 0) is 48.0 Å². The van der Waals surface area contributed by atoms with Crippen molar-refractivity contribution in [2.75, 3.05) is 0 Å². The molecule has 0 atom stereocenters. The first-order valence-electron chi connectivity index (χ1n) is 9.34. The molecule has 0 fully saturated rings. The van der Waals surface area contributed by atoms with Crippen LogP contribution in [0, 0.1) is 6.92 Å². The van der Waals surface area contributed by atoms with E-state index < -0.39 is 0 Å². The van der Waals surface area contributed by atoms with Crippen molar-refractivity contribution in [3.63, 3.8) is 0 Å². The van der Waals surface area contributed by atoms with Crippen molar-refractivity contribution in [3.8, 4) is 17.0 Å². The SMILES string of the molecule is Cc1nc2ccc(Cn3nc(-c4cccc(Cl)c4)c4ccc(O)cc4c3=O)cc2o1. The van der Waals surface area contributed by atoms with Gasteiger partial charge in [0, 0.05) is 22.9 Å². The van der Waals surface area contributed by atoms with Crippen molar-refractivity contribution < 1.29 is 9.52 Å². The lowest BCUT2D eigenvalue weighted by atomic mass is 10.0. The Morgan fingerprint density at radius 1 is 1.07 bits per heavy atom. The Morgan fingerprint density at radius 3 is 2.77 bits per heavy atom. The van der Waals surface area contributed by atoms with E-state index in [9.17, 15) is 9.90 Å². The van der Waals surface area contributed by atoms with Crippen LogP contribution in [0.2, 0.25) is 5.02 Å². The summed E-state index contributed by atoms with van der Waals surface area (Å²) < 4.78 is 6.99. The van der Waals surface area contributed by atoms with Crippen LogP contribution in [0.25, 0.3) is 33.1 Å². The molecule has 7 heteroatoms. The average Bonchev–Trinajstić information content (AvgIpc) is 3.09. The van der Waals surface area contributed by atoms with Gasteiger partial charge in [0.15, 0.2) is 11.5 Å². The number of benzene rings is 3. The molecule has 0 unspecified atom stereocenters. The second kappa shape index (κ2) is 7.00. The number of aromatic nitrogens is 3. The van der Waals surface area contributed by atoms with E-state index in [0.717, 1.165) is 16.6 Å². The number of fused-ring (bicyclic) bond motifs is 2. The van der Waals surface area contributed by atoms with Gasteiger partial charge >= 0.3 is 0 Å². The van der Waals surface area contributed by atoms with E-state index in [1.807, 2.05) is 30.3 Å². The van der Waals surface area contributed by atoms with Crippen LogP contribution in [0.1, 0.15) is 11.5 Å². The van der Waals surface area contributed by atoms with Crippen LogP contribution < -0.4 is 5.56 Å². The van der Waals surface area contributed by atoms with Gasteiger partial charge in [-0.1, -0.05) is 29.8 Å². The summed E-state index contributed by atoms with van der Waals surface area (Å²) in [6.07, 6.45) is 0. The highest BCUT2D eigenvalue weighted by Crippen LogP contribution is 2.29. The van der Waals surface area contributed by atoms with Gasteiger partial charge in [-0.15, -0.1) is 0 Å². The normalized spacial score (nSPS) is 11.4. The molecule has 148 valence electrons. The van der Waals surface area contributed by atoms with Gasteiger partial charge in [0.1, 0.15) is 11.3 Å². The van der Waals surface area contributed by atoms with Gasteiger partial charge < -0.3 is 9.52 Å². The number of phenolic OH excluding ortho intramolecular Hbond substituents is 1. The fourth-order valence-corrected chi connectivity index (χ4v) is 3.78. The molecule has 0 saturated heterocycles. The van der Waals surface area contributed by atoms with E-state index in [-0.39, 0.29) is 17.9 Å². The molecule has 2 aromatic heterocycles. The first-order chi connectivity index (χ1) is 14.5. The lowest BCUT2D eigenvalue weighted by Gasteiger charge is -2.12. The first kappa shape index (κ1) is 18.4. The lowest BCUT2D eigenvalue weighted by Crippen LogP contribution is -2.24. The van der Waals surface area contributed by atoms with E-state index in [1.54, 1.807) is 31.2 Å². The van der Waals surface area contributed by atoms with Gasteiger partial charge in [-0.2, -0.15) is 5.10 Å². The molecule has 2 heterocycles. The van der Waals surface area contributed by atoms with Crippen molar-refractivity contribution in [1.82, 2.24) is 14.8 Å². The van der Waals surface area contributed by atoms with Crippen LogP contribution in [-0.2, 0) is 6.54 Å². The maximum absolute atomic E-state index is 13.1. The molecule has 0 aliphatic carbocycles. The number of aryl methyl sites for hydroxylation is 1. The molecule has 5 rings (SSSR count). The average molecular weight is 418 g/mol. The Bertz CT molecular complexity index is 1490. The predicted octanol–water partition coefficient (Wildman–Crippen LogP) is 4.92. The Hall–Kier alpha value is -3.64. The summed E-state index contributed by atoms with van der Waals surface area (Å²) in [6, 6.07) is 17.6. The summed E-state index contributed by atoms with van der Waals surface area (Å²) in [6.45, 7) is 2.03. The number of aromatic hydroxyl groups is 1. The zero-order valence-corrected chi connectivity index (χ0v) is 16.7. The highest BCUT2D eigenvalue weighted by molar-refractivity contribution is 6.30. The van der Waals surface area contributed by atoms with Crippen molar-refractivity contribution >= 4 is 33.5 Å². The molecule has 0 bridgehead atoms. The van der Waals surface area contributed by atoms with E-state index >= 15 is 0 Å². The summed E-state index contributed by atoms with van der Waals surface area (Å²) in [7, 11) is 0. The maximum atomic E-state index is 13.1. The molecule has 1 N–H and O–H groups in total. The monoisotopic (exact) mass is 417 g/mol. The Morgan fingerprint density at radius 2 is 1.93 bits per heavy atom. The van der Waals surface area contributed by atoms with Crippen molar-refractivity contribution in [3.05, 3.63) is 87.5 Å². The van der Waals surface area contributed by atoms with Crippen LogP contribution in [0.15, 0.2) is 69.9 Å². The number of phenols is 1. The smallest absolute Gasteiger partial charge is 0.275 e. The molecule has 0 radical (unpaired) electrons. The molecule has 30 heavy (non-hydrogen) atoms. The van der Waals surface area contributed by atoms with E-state index in [2.05, 4.69) is 10.1 Å². The number of oxazole rings is 1. The highest BCUT2D eigenvalue weighted by Gasteiger charge is 2.14. The van der Waals surface area contributed by atoms with Gasteiger partial charge in [0.05, 0.1) is 17.6 Å². The predicted molar refractivity (Wildman–Crippen MR) is 116 cm³/mol. The minimum Gasteiger partial charge on any atom is -0.508 e. The standard InChI is InChI=1S/C23H16ClN3O3/c1-13-25-20-8-5-14(9-21(20)30-13)12-27-23(29)19-11-17(28)6-7-18(19)22(26-27)15-3-2-4-16(24)10-15/h2-11,28H,12H2,1H3. The Labute approximate surface area is 176 Å². The van der Waals surface area contributed by atoms with Crippen LogP contribution in [-0.4, -0.2) is 19.9 Å². The summed E-state index contributed by atoms with van der Waals surface area (Å²) in [5.74, 6) is 0.606. The van der Waals surface area contributed by atoms with Crippen molar-refractivity contribution in [2.45, 2.75) is 13.5 Å². The molecular weight excluding hydrogens is 402 g/mol. The summed E-state index contributed by atoms with van der Waals surface area (Å²) in [5.41, 5.74) is 3.38.